The normalized spacial score (nSPS) is 15.6. The zero-order chi connectivity index (χ0) is 18.5. The second-order valence-electron chi connectivity index (χ2n) is 6.86. The number of rotatable bonds is 6. The van der Waals surface area contributed by atoms with Crippen LogP contribution in [-0.2, 0) is 13.1 Å². The second-order valence-corrected chi connectivity index (χ2v) is 8.49. The van der Waals surface area contributed by atoms with Crippen LogP contribution in [0, 0.1) is 5.92 Å². The molecule has 0 amide bonds. The molecule has 0 atom stereocenters. The molecule has 0 aliphatic carbocycles. The van der Waals surface area contributed by atoms with E-state index in [0.717, 1.165) is 43.9 Å². The fourth-order valence-electron chi connectivity index (χ4n) is 3.41. The Hall–Kier alpha value is -0.480. The highest BCUT2D eigenvalue weighted by Crippen LogP contribution is 2.26. The molecule has 2 nitrogen and oxygen atoms in total. The molecule has 2 aromatic rings. The van der Waals surface area contributed by atoms with Gasteiger partial charge in [-0.05, 0) is 67.2 Å². The summed E-state index contributed by atoms with van der Waals surface area (Å²) in [5, 5.41) is 5.80. The maximum atomic E-state index is 6.20. The van der Waals surface area contributed by atoms with Crippen molar-refractivity contribution in [2.24, 2.45) is 5.92 Å². The summed E-state index contributed by atoms with van der Waals surface area (Å²) in [5.41, 5.74) is 2.32. The monoisotopic (exact) mass is 430 g/mol. The Kier molecular flexibility index (Phi) is 7.51. The van der Waals surface area contributed by atoms with Gasteiger partial charge in [-0.25, -0.2) is 0 Å². The van der Waals surface area contributed by atoms with Gasteiger partial charge in [0.05, 0.1) is 20.1 Å². The van der Waals surface area contributed by atoms with Crippen molar-refractivity contribution in [2.45, 2.75) is 25.9 Å². The average Bonchev–Trinajstić information content (AvgIpc) is 2.62. The quantitative estimate of drug-likeness (QED) is 0.576. The molecule has 3 rings (SSSR count). The number of hydrogen-bond acceptors (Lipinski definition) is 2. The molecule has 0 aromatic heterocycles. The van der Waals surface area contributed by atoms with Crippen LogP contribution in [-0.4, -0.2) is 24.5 Å². The van der Waals surface area contributed by atoms with E-state index in [2.05, 4.69) is 10.2 Å². The molecule has 1 fully saturated rings. The lowest BCUT2D eigenvalue weighted by atomic mass is 9.97. The Morgan fingerprint density at radius 2 is 1.27 bits per heavy atom. The Morgan fingerprint density at radius 3 is 1.73 bits per heavy atom. The largest absolute Gasteiger partial charge is 0.317 e. The zero-order valence-electron chi connectivity index (χ0n) is 14.5. The molecule has 2 aromatic carbocycles. The summed E-state index contributed by atoms with van der Waals surface area (Å²) in [6.07, 6.45) is 2.42. The summed E-state index contributed by atoms with van der Waals surface area (Å²) in [7, 11) is 0. The summed E-state index contributed by atoms with van der Waals surface area (Å²) >= 11 is 24.5. The van der Waals surface area contributed by atoms with E-state index in [4.69, 9.17) is 46.4 Å². The molecule has 1 N–H and O–H groups in total. The van der Waals surface area contributed by atoms with E-state index in [1.54, 1.807) is 0 Å². The maximum Gasteiger partial charge on any atom is 0.0595 e. The van der Waals surface area contributed by atoms with Gasteiger partial charge in [-0.2, -0.15) is 0 Å². The van der Waals surface area contributed by atoms with Gasteiger partial charge in [0.1, 0.15) is 0 Å². The third-order valence-electron chi connectivity index (χ3n) is 4.76. The molecule has 0 unspecified atom stereocenters. The number of hydrogen-bond donors (Lipinski definition) is 1. The first kappa shape index (κ1) is 20.3. The van der Waals surface area contributed by atoms with E-state index in [9.17, 15) is 0 Å². The van der Waals surface area contributed by atoms with E-state index in [1.165, 1.54) is 12.8 Å². The van der Waals surface area contributed by atoms with E-state index in [1.807, 2.05) is 36.4 Å². The number of nitrogens with zero attached hydrogens (tertiary/aromatic N) is 1. The molecular formula is C20H22Cl4N2. The lowest BCUT2D eigenvalue weighted by molar-refractivity contribution is 0.191. The highest BCUT2D eigenvalue weighted by Gasteiger charge is 2.18. The Labute approximate surface area is 175 Å². The predicted octanol–water partition coefficient (Wildman–Crippen LogP) is 6.30. The van der Waals surface area contributed by atoms with Crippen molar-refractivity contribution >= 4 is 46.4 Å². The van der Waals surface area contributed by atoms with Crippen molar-refractivity contribution in [2.75, 3.05) is 19.6 Å². The van der Waals surface area contributed by atoms with Gasteiger partial charge in [-0.3, -0.25) is 4.90 Å². The lowest BCUT2D eigenvalue weighted by Crippen LogP contribution is -2.35. The van der Waals surface area contributed by atoms with Crippen molar-refractivity contribution in [3.63, 3.8) is 0 Å². The Balaban J connectivity index is 1.75. The van der Waals surface area contributed by atoms with E-state index < -0.39 is 0 Å². The van der Waals surface area contributed by atoms with E-state index >= 15 is 0 Å². The van der Waals surface area contributed by atoms with Crippen LogP contribution in [0.4, 0.5) is 0 Å². The predicted molar refractivity (Wildman–Crippen MR) is 113 cm³/mol. The van der Waals surface area contributed by atoms with E-state index in [-0.39, 0.29) is 0 Å². The third-order valence-corrected chi connectivity index (χ3v) is 6.23. The SMILES string of the molecule is Clc1ccc(CN(Cc2ccc(Cl)c(Cl)c2)CC2CCNCC2)cc1Cl. The minimum absolute atomic E-state index is 0.588. The molecule has 1 saturated heterocycles. The molecule has 1 aliphatic rings. The van der Waals surface area contributed by atoms with Gasteiger partial charge in [-0.15, -0.1) is 0 Å². The van der Waals surface area contributed by atoms with Gasteiger partial charge in [0.2, 0.25) is 0 Å². The van der Waals surface area contributed by atoms with Crippen LogP contribution in [0.5, 0.6) is 0 Å². The van der Waals surface area contributed by atoms with Crippen LogP contribution >= 0.6 is 46.4 Å². The Bertz CT molecular complexity index is 691. The molecule has 26 heavy (non-hydrogen) atoms. The average molecular weight is 432 g/mol. The summed E-state index contributed by atoms with van der Waals surface area (Å²) in [5.74, 6) is 0.696. The van der Waals surface area contributed by atoms with E-state index in [0.29, 0.717) is 26.0 Å². The van der Waals surface area contributed by atoms with Gasteiger partial charge < -0.3 is 5.32 Å². The maximum absolute atomic E-state index is 6.20. The Morgan fingerprint density at radius 1 is 0.769 bits per heavy atom. The smallest absolute Gasteiger partial charge is 0.0595 e. The van der Waals surface area contributed by atoms with Crippen molar-refractivity contribution < 1.29 is 0 Å². The van der Waals surface area contributed by atoms with Gasteiger partial charge in [0.25, 0.3) is 0 Å². The topological polar surface area (TPSA) is 15.3 Å². The summed E-state index contributed by atoms with van der Waals surface area (Å²) < 4.78 is 0. The first-order valence-electron chi connectivity index (χ1n) is 8.82. The molecule has 6 heteroatoms. The molecule has 0 saturated carbocycles. The van der Waals surface area contributed by atoms with Gasteiger partial charge in [-0.1, -0.05) is 58.5 Å². The molecule has 0 bridgehead atoms. The third kappa shape index (κ3) is 5.76. The van der Waals surface area contributed by atoms with Gasteiger partial charge in [0, 0.05) is 19.6 Å². The summed E-state index contributed by atoms with van der Waals surface area (Å²) in [4.78, 5) is 2.45. The summed E-state index contributed by atoms with van der Waals surface area (Å²) in [6, 6.07) is 11.7. The van der Waals surface area contributed by atoms with Gasteiger partial charge >= 0.3 is 0 Å². The van der Waals surface area contributed by atoms with Crippen LogP contribution in [0.15, 0.2) is 36.4 Å². The molecule has 0 spiro atoms. The highest BCUT2D eigenvalue weighted by atomic mass is 35.5. The number of halogens is 4. The summed E-state index contributed by atoms with van der Waals surface area (Å²) in [6.45, 7) is 4.88. The first-order valence-corrected chi connectivity index (χ1v) is 10.3. The number of piperidine rings is 1. The lowest BCUT2D eigenvalue weighted by Gasteiger charge is -2.30. The standard InChI is InChI=1S/C20H22Cl4N2/c21-17-3-1-15(9-19(17)23)12-26(11-14-5-7-25-8-6-14)13-16-2-4-18(22)20(24)10-16/h1-4,9-10,14,25H,5-8,11-13H2. The van der Waals surface area contributed by atoms with Crippen LogP contribution in [0.3, 0.4) is 0 Å². The van der Waals surface area contributed by atoms with Crippen molar-refractivity contribution in [1.82, 2.24) is 10.2 Å². The minimum Gasteiger partial charge on any atom is -0.317 e. The molecule has 1 aliphatic heterocycles. The van der Waals surface area contributed by atoms with Crippen LogP contribution in [0.1, 0.15) is 24.0 Å². The fraction of sp³-hybridized carbons (Fsp3) is 0.400. The van der Waals surface area contributed by atoms with Crippen molar-refractivity contribution in [3.8, 4) is 0 Å². The van der Waals surface area contributed by atoms with Crippen molar-refractivity contribution in [3.05, 3.63) is 67.6 Å². The second kappa shape index (κ2) is 9.64. The molecule has 1 heterocycles. The van der Waals surface area contributed by atoms with Gasteiger partial charge in [0.15, 0.2) is 0 Å². The minimum atomic E-state index is 0.588. The highest BCUT2D eigenvalue weighted by molar-refractivity contribution is 6.42. The number of nitrogens with one attached hydrogen (secondary N) is 1. The van der Waals surface area contributed by atoms with Crippen molar-refractivity contribution in [1.29, 1.82) is 0 Å². The molecule has 0 radical (unpaired) electrons. The molecular weight excluding hydrogens is 410 g/mol. The van der Waals surface area contributed by atoms with Crippen LogP contribution in [0.25, 0.3) is 0 Å². The number of benzene rings is 2. The van der Waals surface area contributed by atoms with Crippen LogP contribution in [0.2, 0.25) is 20.1 Å². The molecule has 140 valence electrons. The fourth-order valence-corrected chi connectivity index (χ4v) is 4.05. The van der Waals surface area contributed by atoms with Crippen LogP contribution < -0.4 is 5.32 Å². The first-order chi connectivity index (χ1) is 12.5. The zero-order valence-corrected chi connectivity index (χ0v) is 17.5.